The van der Waals surface area contributed by atoms with Crippen molar-refractivity contribution < 1.29 is 5.11 Å². The Bertz CT molecular complexity index is 384. The Morgan fingerprint density at radius 1 is 1.31 bits per heavy atom. The van der Waals surface area contributed by atoms with E-state index in [0.29, 0.717) is 0 Å². The summed E-state index contributed by atoms with van der Waals surface area (Å²) in [4.78, 5) is 2.24. The lowest BCUT2D eigenvalue weighted by atomic mass is 9.84. The first-order valence-electron chi connectivity index (χ1n) is 5.69. The van der Waals surface area contributed by atoms with Crippen LogP contribution in [0.15, 0.2) is 18.2 Å². The molecular formula is C13H18ClNO. The summed E-state index contributed by atoms with van der Waals surface area (Å²) in [7, 11) is 2.09. The van der Waals surface area contributed by atoms with Crippen LogP contribution in [0.5, 0.6) is 0 Å². The van der Waals surface area contributed by atoms with Gasteiger partial charge in [-0.3, -0.25) is 0 Å². The number of piperidine rings is 1. The summed E-state index contributed by atoms with van der Waals surface area (Å²) in [6.07, 6.45) is 1.56. The molecule has 2 rings (SSSR count). The third-order valence-electron chi connectivity index (χ3n) is 3.52. The first-order valence-corrected chi connectivity index (χ1v) is 6.07. The highest BCUT2D eigenvalue weighted by Crippen LogP contribution is 2.34. The van der Waals surface area contributed by atoms with Gasteiger partial charge in [0, 0.05) is 18.1 Å². The number of hydrogen-bond acceptors (Lipinski definition) is 2. The molecule has 0 saturated carbocycles. The third kappa shape index (κ3) is 2.24. The monoisotopic (exact) mass is 239 g/mol. The Morgan fingerprint density at radius 3 is 2.50 bits per heavy atom. The Kier molecular flexibility index (Phi) is 3.24. The largest absolute Gasteiger partial charge is 0.385 e. The van der Waals surface area contributed by atoms with E-state index in [9.17, 15) is 5.11 Å². The number of rotatable bonds is 1. The molecule has 1 saturated heterocycles. The Labute approximate surface area is 102 Å². The summed E-state index contributed by atoms with van der Waals surface area (Å²) in [6, 6.07) is 5.88. The van der Waals surface area contributed by atoms with Gasteiger partial charge in [0.05, 0.1) is 5.60 Å². The number of benzene rings is 1. The summed E-state index contributed by atoms with van der Waals surface area (Å²) < 4.78 is 0. The maximum atomic E-state index is 10.6. The molecule has 3 heteroatoms. The van der Waals surface area contributed by atoms with Gasteiger partial charge in [-0.25, -0.2) is 0 Å². The van der Waals surface area contributed by atoms with Crippen LogP contribution in [0.25, 0.3) is 0 Å². The Hall–Kier alpha value is -0.570. The first kappa shape index (κ1) is 11.9. The van der Waals surface area contributed by atoms with E-state index in [2.05, 4.69) is 11.9 Å². The second kappa shape index (κ2) is 4.36. The van der Waals surface area contributed by atoms with Crippen LogP contribution in [0.3, 0.4) is 0 Å². The normalized spacial score (nSPS) is 21.0. The molecule has 0 unspecified atom stereocenters. The predicted molar refractivity (Wildman–Crippen MR) is 66.8 cm³/mol. The quantitative estimate of drug-likeness (QED) is 0.814. The van der Waals surface area contributed by atoms with Crippen molar-refractivity contribution in [2.24, 2.45) is 0 Å². The topological polar surface area (TPSA) is 23.5 Å². The molecule has 1 aliphatic rings. The molecule has 88 valence electrons. The van der Waals surface area contributed by atoms with Crippen LogP contribution < -0.4 is 0 Å². The van der Waals surface area contributed by atoms with Crippen LogP contribution in [-0.2, 0) is 5.60 Å². The average Bonchev–Trinajstić information content (AvgIpc) is 2.26. The minimum absolute atomic E-state index is 0.691. The molecule has 1 heterocycles. The van der Waals surface area contributed by atoms with Crippen LogP contribution in [-0.4, -0.2) is 30.1 Å². The van der Waals surface area contributed by atoms with Crippen molar-refractivity contribution in [3.63, 3.8) is 0 Å². The number of aliphatic hydroxyl groups is 1. The SMILES string of the molecule is Cc1ccc(C2(O)CCN(C)CC2)cc1Cl. The lowest BCUT2D eigenvalue weighted by Gasteiger charge is -2.37. The van der Waals surface area contributed by atoms with Crippen molar-refractivity contribution in [2.75, 3.05) is 20.1 Å². The van der Waals surface area contributed by atoms with Crippen LogP contribution in [0.4, 0.5) is 0 Å². The van der Waals surface area contributed by atoms with Crippen molar-refractivity contribution in [3.8, 4) is 0 Å². The second-order valence-corrected chi connectivity index (χ2v) is 5.21. The fourth-order valence-electron chi connectivity index (χ4n) is 2.16. The molecule has 0 radical (unpaired) electrons. The minimum atomic E-state index is -0.691. The van der Waals surface area contributed by atoms with E-state index >= 15 is 0 Å². The highest BCUT2D eigenvalue weighted by atomic mass is 35.5. The summed E-state index contributed by atoms with van der Waals surface area (Å²) in [5, 5.41) is 11.3. The molecule has 0 atom stereocenters. The number of aryl methyl sites for hydroxylation is 1. The lowest BCUT2D eigenvalue weighted by molar-refractivity contribution is -0.0203. The summed E-state index contributed by atoms with van der Waals surface area (Å²) in [5.41, 5.74) is 1.32. The van der Waals surface area contributed by atoms with Gasteiger partial charge in [-0.1, -0.05) is 23.7 Å². The first-order chi connectivity index (χ1) is 7.51. The molecule has 2 nitrogen and oxygen atoms in total. The van der Waals surface area contributed by atoms with Crippen molar-refractivity contribution >= 4 is 11.6 Å². The molecule has 16 heavy (non-hydrogen) atoms. The summed E-state index contributed by atoms with van der Waals surface area (Å²) >= 11 is 6.10. The fourth-order valence-corrected chi connectivity index (χ4v) is 2.34. The molecule has 0 aromatic heterocycles. The zero-order valence-electron chi connectivity index (χ0n) is 9.83. The van der Waals surface area contributed by atoms with Crippen molar-refractivity contribution in [2.45, 2.75) is 25.4 Å². The van der Waals surface area contributed by atoms with E-state index in [-0.39, 0.29) is 0 Å². The van der Waals surface area contributed by atoms with Gasteiger partial charge >= 0.3 is 0 Å². The fraction of sp³-hybridized carbons (Fsp3) is 0.538. The minimum Gasteiger partial charge on any atom is -0.385 e. The number of hydrogen-bond donors (Lipinski definition) is 1. The molecule has 0 spiro atoms. The van der Waals surface area contributed by atoms with Crippen LogP contribution >= 0.6 is 11.6 Å². The van der Waals surface area contributed by atoms with Gasteiger partial charge < -0.3 is 10.0 Å². The van der Waals surface area contributed by atoms with E-state index in [0.717, 1.165) is 42.1 Å². The van der Waals surface area contributed by atoms with Crippen LogP contribution in [0, 0.1) is 6.92 Å². The standard InChI is InChI=1S/C13H18ClNO/c1-10-3-4-11(9-12(10)14)13(16)5-7-15(2)8-6-13/h3-4,9,16H,5-8H2,1-2H3. The molecule has 1 aromatic carbocycles. The number of nitrogens with zero attached hydrogens (tertiary/aromatic N) is 1. The predicted octanol–water partition coefficient (Wildman–Crippen LogP) is 2.56. The zero-order valence-corrected chi connectivity index (χ0v) is 10.6. The van der Waals surface area contributed by atoms with Crippen LogP contribution in [0.2, 0.25) is 5.02 Å². The van der Waals surface area contributed by atoms with Gasteiger partial charge in [-0.15, -0.1) is 0 Å². The molecule has 0 bridgehead atoms. The van der Waals surface area contributed by atoms with Gasteiger partial charge in [0.25, 0.3) is 0 Å². The van der Waals surface area contributed by atoms with Crippen LogP contribution in [0.1, 0.15) is 24.0 Å². The van der Waals surface area contributed by atoms with Crippen molar-refractivity contribution in [1.82, 2.24) is 4.90 Å². The summed E-state index contributed by atoms with van der Waals surface area (Å²) in [5.74, 6) is 0. The van der Waals surface area contributed by atoms with E-state index in [4.69, 9.17) is 11.6 Å². The Morgan fingerprint density at radius 2 is 1.94 bits per heavy atom. The molecule has 0 amide bonds. The van der Waals surface area contributed by atoms with E-state index in [1.54, 1.807) is 0 Å². The molecular weight excluding hydrogens is 222 g/mol. The zero-order chi connectivity index (χ0) is 11.8. The molecule has 1 aliphatic heterocycles. The smallest absolute Gasteiger partial charge is 0.0921 e. The van der Waals surface area contributed by atoms with E-state index < -0.39 is 5.60 Å². The highest BCUT2D eigenvalue weighted by molar-refractivity contribution is 6.31. The maximum Gasteiger partial charge on any atom is 0.0921 e. The van der Waals surface area contributed by atoms with E-state index in [1.807, 2.05) is 25.1 Å². The summed E-state index contributed by atoms with van der Waals surface area (Å²) in [6.45, 7) is 3.84. The van der Waals surface area contributed by atoms with Gasteiger partial charge in [0.1, 0.15) is 0 Å². The van der Waals surface area contributed by atoms with Crippen molar-refractivity contribution in [1.29, 1.82) is 0 Å². The molecule has 1 fully saturated rings. The third-order valence-corrected chi connectivity index (χ3v) is 3.93. The molecule has 1 N–H and O–H groups in total. The van der Waals surface area contributed by atoms with Gasteiger partial charge in [0.2, 0.25) is 0 Å². The Balaban J connectivity index is 2.25. The van der Waals surface area contributed by atoms with Gasteiger partial charge in [-0.2, -0.15) is 0 Å². The molecule has 0 aliphatic carbocycles. The van der Waals surface area contributed by atoms with Gasteiger partial charge in [0.15, 0.2) is 0 Å². The maximum absolute atomic E-state index is 10.6. The number of halogens is 1. The van der Waals surface area contributed by atoms with E-state index in [1.165, 1.54) is 0 Å². The second-order valence-electron chi connectivity index (χ2n) is 4.80. The highest BCUT2D eigenvalue weighted by Gasteiger charge is 2.33. The lowest BCUT2D eigenvalue weighted by Crippen LogP contribution is -2.40. The molecule has 1 aromatic rings. The van der Waals surface area contributed by atoms with Gasteiger partial charge in [-0.05, 0) is 44.0 Å². The average molecular weight is 240 g/mol. The number of likely N-dealkylation sites (tertiary alicyclic amines) is 1. The van der Waals surface area contributed by atoms with Crippen molar-refractivity contribution in [3.05, 3.63) is 34.3 Å².